The molecule has 0 spiro atoms. The molecular weight excluding hydrogens is 264 g/mol. The second-order valence-electron chi connectivity index (χ2n) is 5.91. The third-order valence-corrected chi connectivity index (χ3v) is 4.17. The quantitative estimate of drug-likeness (QED) is 0.838. The van der Waals surface area contributed by atoms with Crippen LogP contribution in [0.5, 0.6) is 0 Å². The Morgan fingerprint density at radius 2 is 2.43 bits per heavy atom. The Morgan fingerprint density at radius 3 is 3.14 bits per heavy atom. The van der Waals surface area contributed by atoms with Crippen LogP contribution < -0.4 is 5.32 Å². The second-order valence-corrected chi connectivity index (χ2v) is 5.91. The van der Waals surface area contributed by atoms with Crippen molar-refractivity contribution in [3.63, 3.8) is 0 Å². The number of fused-ring (bicyclic) bond motifs is 1. The largest absolute Gasteiger partial charge is 0.395 e. The van der Waals surface area contributed by atoms with E-state index in [1.807, 2.05) is 12.3 Å². The molecule has 21 heavy (non-hydrogen) atoms. The highest BCUT2D eigenvalue weighted by Gasteiger charge is 2.18. The maximum absolute atomic E-state index is 9.28. The summed E-state index contributed by atoms with van der Waals surface area (Å²) in [6.45, 7) is 5.86. The number of rotatable bonds is 6. The van der Waals surface area contributed by atoms with E-state index < -0.39 is 0 Å². The summed E-state index contributed by atoms with van der Waals surface area (Å²) >= 11 is 0. The maximum Gasteiger partial charge on any atom is 0.139 e. The van der Waals surface area contributed by atoms with E-state index in [4.69, 9.17) is 4.98 Å². The lowest BCUT2D eigenvalue weighted by atomic mass is 10.2. The molecule has 0 aliphatic carbocycles. The molecule has 3 rings (SSSR count). The fraction of sp³-hybridized carbons (Fsp3) is 0.562. The molecule has 114 valence electrons. The Labute approximate surface area is 125 Å². The summed E-state index contributed by atoms with van der Waals surface area (Å²) in [5.41, 5.74) is 3.28. The number of nitrogens with one attached hydrogen (secondary N) is 1. The Morgan fingerprint density at radius 1 is 1.52 bits per heavy atom. The van der Waals surface area contributed by atoms with Crippen molar-refractivity contribution in [1.82, 2.24) is 19.6 Å². The SMILES string of the molecule is Cc1cccn2cc(CN(CCO)CC3CCCN3)nc12. The van der Waals surface area contributed by atoms with Crippen molar-refractivity contribution in [3.8, 4) is 0 Å². The van der Waals surface area contributed by atoms with Crippen LogP contribution in [-0.4, -0.2) is 51.7 Å². The van der Waals surface area contributed by atoms with Gasteiger partial charge in [-0.3, -0.25) is 4.90 Å². The van der Waals surface area contributed by atoms with Gasteiger partial charge in [-0.15, -0.1) is 0 Å². The Hall–Kier alpha value is -1.43. The summed E-state index contributed by atoms with van der Waals surface area (Å²) in [6, 6.07) is 4.68. The van der Waals surface area contributed by atoms with Gasteiger partial charge in [0.25, 0.3) is 0 Å². The topological polar surface area (TPSA) is 52.8 Å². The molecule has 0 amide bonds. The molecule has 2 aromatic rings. The molecule has 5 nitrogen and oxygen atoms in total. The van der Waals surface area contributed by atoms with Gasteiger partial charge in [-0.2, -0.15) is 0 Å². The molecular formula is C16H24N4O. The number of aryl methyl sites for hydroxylation is 1. The minimum absolute atomic E-state index is 0.194. The molecule has 2 N–H and O–H groups in total. The zero-order valence-electron chi connectivity index (χ0n) is 12.6. The highest BCUT2D eigenvalue weighted by Crippen LogP contribution is 2.13. The number of nitrogens with zero attached hydrogens (tertiary/aromatic N) is 3. The van der Waals surface area contributed by atoms with Crippen LogP contribution in [0.4, 0.5) is 0 Å². The molecule has 1 atom stereocenters. The van der Waals surface area contributed by atoms with Crippen LogP contribution >= 0.6 is 0 Å². The van der Waals surface area contributed by atoms with E-state index in [1.165, 1.54) is 18.4 Å². The lowest BCUT2D eigenvalue weighted by molar-refractivity contribution is 0.178. The predicted molar refractivity (Wildman–Crippen MR) is 83.3 cm³/mol. The monoisotopic (exact) mass is 288 g/mol. The molecule has 1 unspecified atom stereocenters. The van der Waals surface area contributed by atoms with E-state index in [0.29, 0.717) is 12.6 Å². The summed E-state index contributed by atoms with van der Waals surface area (Å²) in [5, 5.41) is 12.8. The van der Waals surface area contributed by atoms with Gasteiger partial charge < -0.3 is 14.8 Å². The smallest absolute Gasteiger partial charge is 0.139 e. The van der Waals surface area contributed by atoms with Gasteiger partial charge in [0, 0.05) is 38.1 Å². The summed E-state index contributed by atoms with van der Waals surface area (Å²) in [6.07, 6.45) is 6.61. The van der Waals surface area contributed by atoms with Crippen LogP contribution in [0.2, 0.25) is 0 Å². The average molecular weight is 288 g/mol. The standard InChI is InChI=1S/C16H24N4O/c1-13-4-3-7-20-12-15(18-16(13)20)11-19(8-9-21)10-14-5-2-6-17-14/h3-4,7,12,14,17,21H,2,5-6,8-11H2,1H3. The zero-order valence-corrected chi connectivity index (χ0v) is 12.6. The lowest BCUT2D eigenvalue weighted by Gasteiger charge is -2.23. The Kier molecular flexibility index (Phi) is 4.53. The van der Waals surface area contributed by atoms with E-state index in [0.717, 1.165) is 31.0 Å². The van der Waals surface area contributed by atoms with E-state index in [1.54, 1.807) is 0 Å². The molecule has 1 aliphatic heterocycles. The molecule has 3 heterocycles. The molecule has 1 fully saturated rings. The van der Waals surface area contributed by atoms with Crippen LogP contribution in [0.3, 0.4) is 0 Å². The number of hydrogen-bond acceptors (Lipinski definition) is 4. The number of aliphatic hydroxyl groups is 1. The number of imidazole rings is 1. The normalized spacial score (nSPS) is 18.9. The molecule has 1 saturated heterocycles. The van der Waals surface area contributed by atoms with Crippen molar-refractivity contribution in [1.29, 1.82) is 0 Å². The number of aromatic nitrogens is 2. The van der Waals surface area contributed by atoms with Crippen LogP contribution in [0.25, 0.3) is 5.65 Å². The van der Waals surface area contributed by atoms with Gasteiger partial charge in [0.1, 0.15) is 5.65 Å². The fourth-order valence-corrected chi connectivity index (χ4v) is 3.11. The second kappa shape index (κ2) is 6.56. The van der Waals surface area contributed by atoms with Gasteiger partial charge in [-0.25, -0.2) is 4.98 Å². The third-order valence-electron chi connectivity index (χ3n) is 4.17. The number of aliphatic hydroxyl groups excluding tert-OH is 1. The van der Waals surface area contributed by atoms with Gasteiger partial charge in [0.2, 0.25) is 0 Å². The molecule has 5 heteroatoms. The van der Waals surface area contributed by atoms with Crippen molar-refractivity contribution in [2.24, 2.45) is 0 Å². The minimum atomic E-state index is 0.194. The van der Waals surface area contributed by atoms with Crippen LogP contribution in [0.1, 0.15) is 24.1 Å². The summed E-state index contributed by atoms with van der Waals surface area (Å²) in [7, 11) is 0. The highest BCUT2D eigenvalue weighted by molar-refractivity contribution is 5.47. The zero-order chi connectivity index (χ0) is 14.7. The van der Waals surface area contributed by atoms with Crippen LogP contribution in [0, 0.1) is 6.92 Å². The van der Waals surface area contributed by atoms with Gasteiger partial charge >= 0.3 is 0 Å². The van der Waals surface area contributed by atoms with Crippen molar-refractivity contribution in [2.45, 2.75) is 32.4 Å². The van der Waals surface area contributed by atoms with E-state index in [2.05, 4.69) is 33.8 Å². The van der Waals surface area contributed by atoms with Crippen LogP contribution in [0.15, 0.2) is 24.5 Å². The maximum atomic E-state index is 9.28. The first-order valence-electron chi connectivity index (χ1n) is 7.76. The van der Waals surface area contributed by atoms with Crippen molar-refractivity contribution >= 4 is 5.65 Å². The van der Waals surface area contributed by atoms with Gasteiger partial charge in [-0.05, 0) is 37.9 Å². The highest BCUT2D eigenvalue weighted by atomic mass is 16.3. The predicted octanol–water partition coefficient (Wildman–Crippen LogP) is 1.19. The first kappa shape index (κ1) is 14.5. The average Bonchev–Trinajstić information content (AvgIpc) is 3.09. The summed E-state index contributed by atoms with van der Waals surface area (Å²) in [5.74, 6) is 0. The summed E-state index contributed by atoms with van der Waals surface area (Å²) in [4.78, 5) is 7.02. The molecule has 0 saturated carbocycles. The third kappa shape index (κ3) is 3.43. The van der Waals surface area contributed by atoms with E-state index in [9.17, 15) is 5.11 Å². The van der Waals surface area contributed by atoms with E-state index >= 15 is 0 Å². The minimum Gasteiger partial charge on any atom is -0.395 e. The van der Waals surface area contributed by atoms with Crippen molar-refractivity contribution < 1.29 is 5.11 Å². The summed E-state index contributed by atoms with van der Waals surface area (Å²) < 4.78 is 2.08. The molecule has 0 bridgehead atoms. The molecule has 0 aromatic carbocycles. The first-order chi connectivity index (χ1) is 10.3. The number of hydrogen-bond donors (Lipinski definition) is 2. The van der Waals surface area contributed by atoms with Gasteiger partial charge in [0.05, 0.1) is 12.3 Å². The molecule has 0 radical (unpaired) electrons. The van der Waals surface area contributed by atoms with Crippen LogP contribution in [-0.2, 0) is 6.54 Å². The van der Waals surface area contributed by atoms with Gasteiger partial charge in [0.15, 0.2) is 0 Å². The van der Waals surface area contributed by atoms with Crippen molar-refractivity contribution in [2.75, 3.05) is 26.2 Å². The molecule has 1 aliphatic rings. The van der Waals surface area contributed by atoms with Crippen molar-refractivity contribution in [3.05, 3.63) is 35.8 Å². The Bertz CT molecular complexity index is 589. The number of pyridine rings is 1. The molecule has 2 aromatic heterocycles. The lowest BCUT2D eigenvalue weighted by Crippen LogP contribution is -2.38. The Balaban J connectivity index is 1.72. The first-order valence-corrected chi connectivity index (χ1v) is 7.76. The van der Waals surface area contributed by atoms with Gasteiger partial charge in [-0.1, -0.05) is 6.07 Å². The van der Waals surface area contributed by atoms with E-state index in [-0.39, 0.29) is 6.61 Å². The fourth-order valence-electron chi connectivity index (χ4n) is 3.11.